The lowest BCUT2D eigenvalue weighted by atomic mass is 9.81. The van der Waals surface area contributed by atoms with Crippen molar-refractivity contribution in [1.29, 1.82) is 0 Å². The monoisotopic (exact) mass is 258 g/mol. The summed E-state index contributed by atoms with van der Waals surface area (Å²) >= 11 is 0. The quantitative estimate of drug-likeness (QED) is 0.769. The lowest BCUT2D eigenvalue weighted by Crippen LogP contribution is -2.56. The Balaban J connectivity index is 0.00000256. The van der Waals surface area contributed by atoms with Crippen LogP contribution in [0.1, 0.15) is 32.1 Å². The number of carbonyl (C=O) groups is 1. The molecule has 0 radical (unpaired) electrons. The molecule has 4 heteroatoms. The maximum absolute atomic E-state index is 12.3. The molecular weight excluding hydrogens is 236 g/mol. The van der Waals surface area contributed by atoms with Crippen LogP contribution in [0, 0.1) is 0 Å². The van der Waals surface area contributed by atoms with Crippen LogP contribution in [0.15, 0.2) is 25.3 Å². The Morgan fingerprint density at radius 2 is 1.65 bits per heavy atom. The van der Waals surface area contributed by atoms with E-state index in [1.54, 1.807) is 17.1 Å². The van der Waals surface area contributed by atoms with E-state index in [4.69, 9.17) is 5.73 Å². The molecule has 0 saturated heterocycles. The third-order valence-corrected chi connectivity index (χ3v) is 3.16. The van der Waals surface area contributed by atoms with Gasteiger partial charge in [0.05, 0.1) is 5.54 Å². The van der Waals surface area contributed by atoms with Crippen LogP contribution in [-0.2, 0) is 4.79 Å². The van der Waals surface area contributed by atoms with Gasteiger partial charge in [-0.3, -0.25) is 4.79 Å². The molecule has 3 nitrogen and oxygen atoms in total. The van der Waals surface area contributed by atoms with E-state index in [9.17, 15) is 4.79 Å². The number of rotatable bonds is 5. The van der Waals surface area contributed by atoms with Crippen LogP contribution in [-0.4, -0.2) is 29.4 Å². The first-order valence-corrected chi connectivity index (χ1v) is 5.94. The standard InChI is InChI=1S/C13H22N2O.ClH/c1-3-10-15(11-4-2)12(16)13(14)8-6-5-7-9-13;/h3-4H,1-2,5-11,14H2;1H. The average molecular weight is 259 g/mol. The van der Waals surface area contributed by atoms with Crippen LogP contribution in [0.5, 0.6) is 0 Å². The number of hydrogen-bond donors (Lipinski definition) is 1. The van der Waals surface area contributed by atoms with Crippen molar-refractivity contribution in [2.75, 3.05) is 13.1 Å². The molecule has 1 aliphatic carbocycles. The second kappa shape index (κ2) is 7.51. The van der Waals surface area contributed by atoms with Crippen molar-refractivity contribution in [1.82, 2.24) is 4.90 Å². The first kappa shape index (κ1) is 16.2. The Labute approximate surface area is 110 Å². The van der Waals surface area contributed by atoms with E-state index in [0.29, 0.717) is 13.1 Å². The van der Waals surface area contributed by atoms with Crippen molar-refractivity contribution in [3.8, 4) is 0 Å². The third kappa shape index (κ3) is 4.17. The fraction of sp³-hybridized carbons (Fsp3) is 0.615. The zero-order chi connectivity index (χ0) is 12.0. The molecule has 0 aromatic carbocycles. The number of carbonyl (C=O) groups excluding carboxylic acids is 1. The summed E-state index contributed by atoms with van der Waals surface area (Å²) < 4.78 is 0. The molecule has 98 valence electrons. The van der Waals surface area contributed by atoms with Crippen LogP contribution in [0.4, 0.5) is 0 Å². The Morgan fingerprint density at radius 3 is 2.06 bits per heavy atom. The SMILES string of the molecule is C=CCN(CC=C)C(=O)C1(N)CCCCC1.Cl. The van der Waals surface area contributed by atoms with E-state index in [0.717, 1.165) is 25.7 Å². The maximum Gasteiger partial charge on any atom is 0.243 e. The zero-order valence-corrected chi connectivity index (χ0v) is 11.2. The molecule has 1 aliphatic rings. The van der Waals surface area contributed by atoms with Gasteiger partial charge in [0, 0.05) is 13.1 Å². The molecule has 1 rings (SSSR count). The minimum Gasteiger partial charge on any atom is -0.334 e. The van der Waals surface area contributed by atoms with Crippen molar-refractivity contribution in [3.05, 3.63) is 25.3 Å². The number of halogens is 1. The van der Waals surface area contributed by atoms with Crippen molar-refractivity contribution < 1.29 is 4.79 Å². The lowest BCUT2D eigenvalue weighted by molar-refractivity contribution is -0.137. The molecule has 1 saturated carbocycles. The summed E-state index contributed by atoms with van der Waals surface area (Å²) in [4.78, 5) is 14.0. The van der Waals surface area contributed by atoms with E-state index < -0.39 is 5.54 Å². The number of amides is 1. The molecule has 17 heavy (non-hydrogen) atoms. The van der Waals surface area contributed by atoms with Crippen molar-refractivity contribution >= 4 is 18.3 Å². The fourth-order valence-corrected chi connectivity index (χ4v) is 2.26. The molecule has 0 atom stereocenters. The summed E-state index contributed by atoms with van der Waals surface area (Å²) in [6.07, 6.45) is 8.36. The smallest absolute Gasteiger partial charge is 0.243 e. The molecule has 1 amide bonds. The first-order valence-electron chi connectivity index (χ1n) is 5.94. The molecule has 0 aromatic heterocycles. The Bertz CT molecular complexity index is 263. The Hall–Kier alpha value is -0.800. The van der Waals surface area contributed by atoms with Gasteiger partial charge in [-0.15, -0.1) is 25.6 Å². The highest BCUT2D eigenvalue weighted by atomic mass is 35.5. The van der Waals surface area contributed by atoms with Crippen molar-refractivity contribution in [2.45, 2.75) is 37.6 Å². The van der Waals surface area contributed by atoms with Gasteiger partial charge in [0.15, 0.2) is 0 Å². The average Bonchev–Trinajstić information content (AvgIpc) is 2.29. The van der Waals surface area contributed by atoms with E-state index in [-0.39, 0.29) is 18.3 Å². The third-order valence-electron chi connectivity index (χ3n) is 3.16. The van der Waals surface area contributed by atoms with Gasteiger partial charge in [-0.1, -0.05) is 31.4 Å². The predicted octanol–water partition coefficient (Wildman–Crippen LogP) is 2.27. The van der Waals surface area contributed by atoms with Gasteiger partial charge in [0.2, 0.25) is 5.91 Å². The molecule has 0 bridgehead atoms. The first-order chi connectivity index (χ1) is 7.64. The molecule has 0 unspecified atom stereocenters. The molecule has 0 spiro atoms. The van der Waals surface area contributed by atoms with Gasteiger partial charge in [-0.25, -0.2) is 0 Å². The van der Waals surface area contributed by atoms with Crippen molar-refractivity contribution in [2.24, 2.45) is 5.73 Å². The normalized spacial score (nSPS) is 17.7. The number of hydrogen-bond acceptors (Lipinski definition) is 2. The molecular formula is C13H23ClN2O. The van der Waals surface area contributed by atoms with Crippen LogP contribution in [0.2, 0.25) is 0 Å². The van der Waals surface area contributed by atoms with Gasteiger partial charge in [-0.05, 0) is 12.8 Å². The summed E-state index contributed by atoms with van der Waals surface area (Å²) in [7, 11) is 0. The van der Waals surface area contributed by atoms with Crippen LogP contribution < -0.4 is 5.73 Å². The number of nitrogens with zero attached hydrogens (tertiary/aromatic N) is 1. The van der Waals surface area contributed by atoms with Gasteiger partial charge < -0.3 is 10.6 Å². The minimum atomic E-state index is -0.649. The van der Waals surface area contributed by atoms with E-state index in [1.165, 1.54) is 6.42 Å². The zero-order valence-electron chi connectivity index (χ0n) is 10.4. The fourth-order valence-electron chi connectivity index (χ4n) is 2.26. The molecule has 0 aliphatic heterocycles. The van der Waals surface area contributed by atoms with Gasteiger partial charge in [0.25, 0.3) is 0 Å². The topological polar surface area (TPSA) is 46.3 Å². The van der Waals surface area contributed by atoms with E-state index >= 15 is 0 Å². The summed E-state index contributed by atoms with van der Waals surface area (Å²) in [6.45, 7) is 8.42. The summed E-state index contributed by atoms with van der Waals surface area (Å²) in [6, 6.07) is 0. The molecule has 1 fully saturated rings. The summed E-state index contributed by atoms with van der Waals surface area (Å²) in [5.74, 6) is 0.0481. The second-order valence-corrected chi connectivity index (χ2v) is 4.50. The number of nitrogens with two attached hydrogens (primary N) is 1. The predicted molar refractivity (Wildman–Crippen MR) is 74.2 cm³/mol. The largest absolute Gasteiger partial charge is 0.334 e. The van der Waals surface area contributed by atoms with Crippen LogP contribution >= 0.6 is 12.4 Å². The Kier molecular flexibility index (Phi) is 7.16. The van der Waals surface area contributed by atoms with Gasteiger partial charge >= 0.3 is 0 Å². The molecule has 0 heterocycles. The van der Waals surface area contributed by atoms with E-state index in [2.05, 4.69) is 13.2 Å². The Morgan fingerprint density at radius 1 is 1.18 bits per heavy atom. The second-order valence-electron chi connectivity index (χ2n) is 4.50. The highest BCUT2D eigenvalue weighted by Crippen LogP contribution is 2.27. The lowest BCUT2D eigenvalue weighted by Gasteiger charge is -2.36. The summed E-state index contributed by atoms with van der Waals surface area (Å²) in [5.41, 5.74) is 5.56. The highest BCUT2D eigenvalue weighted by molar-refractivity contribution is 5.86. The van der Waals surface area contributed by atoms with Gasteiger partial charge in [-0.2, -0.15) is 0 Å². The van der Waals surface area contributed by atoms with Gasteiger partial charge in [0.1, 0.15) is 0 Å². The summed E-state index contributed by atoms with van der Waals surface area (Å²) in [5, 5.41) is 0. The molecule has 0 aromatic rings. The van der Waals surface area contributed by atoms with Crippen molar-refractivity contribution in [3.63, 3.8) is 0 Å². The minimum absolute atomic E-state index is 0. The van der Waals surface area contributed by atoms with Crippen LogP contribution in [0.25, 0.3) is 0 Å². The molecule has 2 N–H and O–H groups in total. The van der Waals surface area contributed by atoms with E-state index in [1.807, 2.05) is 0 Å². The van der Waals surface area contributed by atoms with Crippen LogP contribution in [0.3, 0.4) is 0 Å². The maximum atomic E-state index is 12.3. The highest BCUT2D eigenvalue weighted by Gasteiger charge is 2.37.